The Balaban J connectivity index is 2.03. The van der Waals surface area contributed by atoms with Crippen molar-refractivity contribution in [1.82, 2.24) is 10.2 Å². The quantitative estimate of drug-likeness (QED) is 0.136. The molecule has 9 N–H and O–H groups in total. The van der Waals surface area contributed by atoms with E-state index in [4.69, 9.17) is 25.2 Å². The molecule has 7 unspecified atom stereocenters. The second-order valence-electron chi connectivity index (χ2n) is 6.74. The Hall–Kier alpha value is -1.23. The number of nitrogens with two attached hydrogens (primary N) is 1. The summed E-state index contributed by atoms with van der Waals surface area (Å²) in [5, 5.41) is 22.4. The molecule has 7 atom stereocenters. The number of hydrogen-bond acceptors (Lipinski definition) is 12. The fraction of sp³-hybridized carbons (Fsp3) is 0.667. The number of aliphatic hydroxyl groups is 2. The zero-order valence-electron chi connectivity index (χ0n) is 16.4. The maximum atomic E-state index is 12.2. The average Bonchev–Trinajstić information content (AvgIpc) is 2.91. The molecule has 2 fully saturated rings. The van der Waals surface area contributed by atoms with Crippen molar-refractivity contribution in [2.45, 2.75) is 31.0 Å². The minimum atomic E-state index is -5.75. The van der Waals surface area contributed by atoms with E-state index < -0.39 is 72.5 Å². The van der Waals surface area contributed by atoms with Crippen molar-refractivity contribution in [2.75, 3.05) is 13.2 Å². The highest BCUT2D eigenvalue weighted by Gasteiger charge is 2.50. The number of aliphatic hydroxyl groups excluding tert-OH is 2. The smallest absolute Gasteiger partial charge is 0.405 e. The molecular formula is C12H22N3O15P3. The SMILES string of the molecule is NC=CCC1CN(C2OC(COP(=O)(O)OP(=O)(O)OP(=O)(O)O)C(O)C2O)C(=O)NC1=O. The second kappa shape index (κ2) is 10.6. The van der Waals surface area contributed by atoms with Crippen LogP contribution in [-0.2, 0) is 36.4 Å². The molecule has 2 aliphatic rings. The van der Waals surface area contributed by atoms with Gasteiger partial charge in [-0.1, -0.05) is 6.08 Å². The van der Waals surface area contributed by atoms with Crippen LogP contribution in [-0.4, -0.2) is 84.3 Å². The van der Waals surface area contributed by atoms with E-state index in [1.807, 2.05) is 5.32 Å². The summed E-state index contributed by atoms with van der Waals surface area (Å²) in [4.78, 5) is 60.5. The molecule has 2 rings (SSSR count). The van der Waals surface area contributed by atoms with Gasteiger partial charge in [-0.15, -0.1) is 0 Å². The van der Waals surface area contributed by atoms with Crippen molar-refractivity contribution in [3.05, 3.63) is 12.3 Å². The maximum Gasteiger partial charge on any atom is 0.490 e. The molecule has 0 aromatic rings. The van der Waals surface area contributed by atoms with Gasteiger partial charge in [0, 0.05) is 6.54 Å². The second-order valence-corrected chi connectivity index (χ2v) is 11.2. The largest absolute Gasteiger partial charge is 0.490 e. The van der Waals surface area contributed by atoms with Gasteiger partial charge in [0.05, 0.1) is 12.5 Å². The van der Waals surface area contributed by atoms with Crippen LogP contribution in [0.2, 0.25) is 0 Å². The van der Waals surface area contributed by atoms with E-state index in [0.717, 1.165) is 4.90 Å². The molecule has 2 saturated heterocycles. The van der Waals surface area contributed by atoms with E-state index in [-0.39, 0.29) is 13.0 Å². The number of rotatable bonds is 10. The Morgan fingerprint density at radius 1 is 1.09 bits per heavy atom. The standard InChI is InChI=1S/C12H22N3O15P3/c13-3-1-2-6-4-15(12(19)14-10(6)18)11-9(17)8(16)7(28-11)5-27-32(23,24)30-33(25,26)29-31(20,21)22/h1,3,6-9,11,16-17H,2,4-5,13H2,(H,23,24)(H,25,26)(H,14,18,19)(H2,20,21,22). The van der Waals surface area contributed by atoms with Crippen molar-refractivity contribution in [3.8, 4) is 0 Å². The molecule has 0 aromatic heterocycles. The monoisotopic (exact) mass is 541 g/mol. The van der Waals surface area contributed by atoms with E-state index >= 15 is 0 Å². The molecule has 0 aliphatic carbocycles. The van der Waals surface area contributed by atoms with Crippen molar-refractivity contribution >= 4 is 35.4 Å². The van der Waals surface area contributed by atoms with Crippen LogP contribution in [0, 0.1) is 5.92 Å². The molecule has 0 aromatic carbocycles. The van der Waals surface area contributed by atoms with Crippen molar-refractivity contribution in [3.63, 3.8) is 0 Å². The van der Waals surface area contributed by atoms with E-state index in [9.17, 15) is 38.4 Å². The van der Waals surface area contributed by atoms with E-state index in [0.29, 0.717) is 0 Å². The number of phosphoric ester groups is 1. The Morgan fingerprint density at radius 2 is 1.73 bits per heavy atom. The molecule has 0 radical (unpaired) electrons. The van der Waals surface area contributed by atoms with Crippen LogP contribution in [0.1, 0.15) is 6.42 Å². The lowest BCUT2D eigenvalue weighted by Gasteiger charge is -2.36. The molecule has 21 heteroatoms. The molecule has 2 heterocycles. The highest BCUT2D eigenvalue weighted by Crippen LogP contribution is 2.66. The van der Waals surface area contributed by atoms with Gasteiger partial charge < -0.3 is 40.3 Å². The van der Waals surface area contributed by atoms with Gasteiger partial charge in [0.15, 0.2) is 6.23 Å². The normalized spacial score (nSPS) is 32.5. The Bertz CT molecular complexity index is 923. The molecule has 0 bridgehead atoms. The molecule has 3 amide bonds. The first-order valence-electron chi connectivity index (χ1n) is 8.83. The van der Waals surface area contributed by atoms with Crippen LogP contribution in [0.25, 0.3) is 0 Å². The first kappa shape index (κ1) is 28.0. The number of carbonyl (C=O) groups is 2. The van der Waals surface area contributed by atoms with Crippen LogP contribution in [0.5, 0.6) is 0 Å². The highest BCUT2D eigenvalue weighted by molar-refractivity contribution is 7.66. The molecule has 2 aliphatic heterocycles. The van der Waals surface area contributed by atoms with Crippen LogP contribution in [0.3, 0.4) is 0 Å². The number of allylic oxidation sites excluding steroid dienone is 1. The predicted molar refractivity (Wildman–Crippen MR) is 102 cm³/mol. The summed E-state index contributed by atoms with van der Waals surface area (Å²) in [6.07, 6.45) is -3.86. The number of urea groups is 1. The summed E-state index contributed by atoms with van der Waals surface area (Å²) in [5.41, 5.74) is 5.23. The molecular weight excluding hydrogens is 519 g/mol. The lowest BCUT2D eigenvalue weighted by molar-refractivity contribution is -0.131. The number of phosphoric acid groups is 3. The Kier molecular flexibility index (Phi) is 8.98. The lowest BCUT2D eigenvalue weighted by atomic mass is 10.0. The number of ether oxygens (including phenoxy) is 1. The molecule has 18 nitrogen and oxygen atoms in total. The fourth-order valence-corrected chi connectivity index (χ4v) is 5.95. The third-order valence-electron chi connectivity index (χ3n) is 4.30. The zero-order chi connectivity index (χ0) is 25.2. The number of amides is 3. The van der Waals surface area contributed by atoms with E-state index in [1.54, 1.807) is 0 Å². The number of imide groups is 1. The van der Waals surface area contributed by atoms with Gasteiger partial charge in [0.2, 0.25) is 5.91 Å². The summed E-state index contributed by atoms with van der Waals surface area (Å²) in [7, 11) is -16.8. The minimum absolute atomic E-state index is 0.146. The Morgan fingerprint density at radius 3 is 2.30 bits per heavy atom. The van der Waals surface area contributed by atoms with E-state index in [2.05, 4.69) is 13.1 Å². The summed E-state index contributed by atoms with van der Waals surface area (Å²) in [6, 6.07) is -0.947. The number of hydrogen-bond donors (Lipinski definition) is 8. The highest BCUT2D eigenvalue weighted by atomic mass is 31.3. The van der Waals surface area contributed by atoms with Gasteiger partial charge in [0.25, 0.3) is 0 Å². The van der Waals surface area contributed by atoms with Crippen molar-refractivity contribution in [1.29, 1.82) is 0 Å². The molecule has 0 saturated carbocycles. The minimum Gasteiger partial charge on any atom is -0.405 e. The van der Waals surface area contributed by atoms with Gasteiger partial charge >= 0.3 is 29.5 Å². The summed E-state index contributed by atoms with van der Waals surface area (Å²) < 4.78 is 50.5. The summed E-state index contributed by atoms with van der Waals surface area (Å²) >= 11 is 0. The van der Waals surface area contributed by atoms with Crippen LogP contribution >= 0.6 is 23.5 Å². The van der Waals surface area contributed by atoms with Gasteiger partial charge in [-0.25, -0.2) is 18.5 Å². The van der Waals surface area contributed by atoms with Gasteiger partial charge in [-0.05, 0) is 12.6 Å². The average molecular weight is 541 g/mol. The summed E-state index contributed by atoms with van der Waals surface area (Å²) in [5.74, 6) is -1.36. The van der Waals surface area contributed by atoms with Crippen LogP contribution in [0.15, 0.2) is 12.3 Å². The third kappa shape index (κ3) is 7.90. The van der Waals surface area contributed by atoms with E-state index in [1.165, 1.54) is 12.3 Å². The topological polar surface area (TPSA) is 285 Å². The Labute approximate surface area is 185 Å². The molecule has 33 heavy (non-hydrogen) atoms. The van der Waals surface area contributed by atoms with Crippen LogP contribution in [0.4, 0.5) is 4.79 Å². The van der Waals surface area contributed by atoms with Gasteiger partial charge in [-0.3, -0.25) is 19.5 Å². The molecule has 190 valence electrons. The van der Waals surface area contributed by atoms with Gasteiger partial charge in [0.1, 0.15) is 18.3 Å². The molecule has 0 spiro atoms. The predicted octanol–water partition coefficient (Wildman–Crippen LogP) is -2.19. The van der Waals surface area contributed by atoms with Gasteiger partial charge in [-0.2, -0.15) is 8.62 Å². The number of nitrogens with one attached hydrogen (secondary N) is 1. The van der Waals surface area contributed by atoms with Crippen LogP contribution < -0.4 is 11.1 Å². The fourth-order valence-electron chi connectivity index (χ4n) is 2.92. The van der Waals surface area contributed by atoms with Crippen molar-refractivity contribution < 1.29 is 71.0 Å². The lowest BCUT2D eigenvalue weighted by Crippen LogP contribution is -2.60. The maximum absolute atomic E-state index is 12.2. The first-order chi connectivity index (χ1) is 15.1. The summed E-state index contributed by atoms with van der Waals surface area (Å²) in [6.45, 7) is -1.28. The first-order valence-corrected chi connectivity index (χ1v) is 13.4. The third-order valence-corrected chi connectivity index (χ3v) is 8.10. The number of carbonyl (C=O) groups excluding carboxylic acids is 2. The zero-order valence-corrected chi connectivity index (χ0v) is 19.1. The van der Waals surface area contributed by atoms with Crippen molar-refractivity contribution in [2.24, 2.45) is 11.7 Å². The number of nitrogens with zero attached hydrogens (tertiary/aromatic N) is 1.